The number of hydrogen-bond acceptors (Lipinski definition) is 3. The van der Waals surface area contributed by atoms with Gasteiger partial charge in [0, 0.05) is 13.1 Å². The maximum atomic E-state index is 6.08. The van der Waals surface area contributed by atoms with E-state index < -0.39 is 0 Å². The number of nitrogens with zero attached hydrogens (tertiary/aromatic N) is 2. The van der Waals surface area contributed by atoms with Gasteiger partial charge in [-0.25, -0.2) is 4.98 Å². The summed E-state index contributed by atoms with van der Waals surface area (Å²) in [6.07, 6.45) is 0. The predicted molar refractivity (Wildman–Crippen MR) is 67.3 cm³/mol. The molecule has 88 valence electrons. The van der Waals surface area contributed by atoms with Crippen molar-refractivity contribution in [1.82, 2.24) is 4.98 Å². The van der Waals surface area contributed by atoms with Crippen molar-refractivity contribution in [3.8, 4) is 0 Å². The topological polar surface area (TPSA) is 25.4 Å². The maximum absolute atomic E-state index is 6.08. The van der Waals surface area contributed by atoms with Gasteiger partial charge in [-0.1, -0.05) is 46.4 Å². The molecule has 3 nitrogen and oxygen atoms in total. The number of morpholine rings is 1. The molecule has 0 bridgehead atoms. The van der Waals surface area contributed by atoms with E-state index in [0.29, 0.717) is 37.1 Å². The highest BCUT2D eigenvalue weighted by atomic mass is 35.5. The molecule has 0 aliphatic carbocycles. The minimum absolute atomic E-state index is 0.164. The van der Waals surface area contributed by atoms with E-state index in [-0.39, 0.29) is 15.2 Å². The second kappa shape index (κ2) is 5.15. The zero-order valence-corrected chi connectivity index (χ0v) is 11.2. The molecule has 1 aliphatic heterocycles. The number of rotatable bonds is 1. The van der Waals surface area contributed by atoms with E-state index in [2.05, 4.69) is 4.98 Å². The lowest BCUT2D eigenvalue weighted by atomic mass is 10.3. The summed E-state index contributed by atoms with van der Waals surface area (Å²) in [6, 6.07) is 0. The van der Waals surface area contributed by atoms with Crippen LogP contribution in [0.15, 0.2) is 0 Å². The summed E-state index contributed by atoms with van der Waals surface area (Å²) in [4.78, 5) is 6.12. The van der Waals surface area contributed by atoms with Gasteiger partial charge in [-0.3, -0.25) is 0 Å². The van der Waals surface area contributed by atoms with Crippen LogP contribution in [-0.2, 0) is 4.74 Å². The van der Waals surface area contributed by atoms with Crippen LogP contribution >= 0.6 is 46.4 Å². The lowest BCUT2D eigenvalue weighted by molar-refractivity contribution is 0.122. The second-order valence-corrected chi connectivity index (χ2v) is 4.76. The highest BCUT2D eigenvalue weighted by Crippen LogP contribution is 2.39. The van der Waals surface area contributed by atoms with Crippen molar-refractivity contribution in [2.75, 3.05) is 31.2 Å². The first-order valence-corrected chi connectivity index (χ1v) is 6.15. The molecule has 1 fully saturated rings. The van der Waals surface area contributed by atoms with Crippen LogP contribution in [0.4, 0.5) is 5.82 Å². The summed E-state index contributed by atoms with van der Waals surface area (Å²) in [7, 11) is 0. The van der Waals surface area contributed by atoms with Gasteiger partial charge in [0.2, 0.25) is 0 Å². The van der Waals surface area contributed by atoms with Gasteiger partial charge in [0.1, 0.15) is 5.02 Å². The summed E-state index contributed by atoms with van der Waals surface area (Å²) >= 11 is 23.8. The number of pyridine rings is 1. The van der Waals surface area contributed by atoms with Gasteiger partial charge in [-0.15, -0.1) is 0 Å². The summed E-state index contributed by atoms with van der Waals surface area (Å²) in [5.41, 5.74) is 0. The van der Waals surface area contributed by atoms with Crippen LogP contribution in [-0.4, -0.2) is 31.3 Å². The Hall–Kier alpha value is 0.0700. The van der Waals surface area contributed by atoms with E-state index in [9.17, 15) is 0 Å². The van der Waals surface area contributed by atoms with Crippen molar-refractivity contribution >= 4 is 52.2 Å². The highest BCUT2D eigenvalue weighted by Gasteiger charge is 2.21. The lowest BCUT2D eigenvalue weighted by Crippen LogP contribution is -2.37. The Labute approximate surface area is 113 Å². The third kappa shape index (κ3) is 2.34. The van der Waals surface area contributed by atoms with Crippen molar-refractivity contribution in [2.24, 2.45) is 0 Å². The van der Waals surface area contributed by atoms with Crippen LogP contribution in [0.25, 0.3) is 0 Å². The minimum Gasteiger partial charge on any atom is -0.378 e. The molecule has 0 N–H and O–H groups in total. The van der Waals surface area contributed by atoms with Gasteiger partial charge in [0.05, 0.1) is 23.3 Å². The molecule has 0 amide bonds. The number of anilines is 1. The Morgan fingerprint density at radius 1 is 0.938 bits per heavy atom. The summed E-state index contributed by atoms with van der Waals surface area (Å²) in [6.45, 7) is 2.69. The van der Waals surface area contributed by atoms with E-state index in [1.54, 1.807) is 0 Å². The number of aromatic nitrogens is 1. The quantitative estimate of drug-likeness (QED) is 0.742. The molecular weight excluding hydrogens is 294 g/mol. The molecule has 0 aromatic carbocycles. The first-order chi connectivity index (χ1) is 7.61. The van der Waals surface area contributed by atoms with E-state index >= 15 is 0 Å². The first-order valence-electron chi connectivity index (χ1n) is 4.64. The largest absolute Gasteiger partial charge is 0.378 e. The molecule has 16 heavy (non-hydrogen) atoms. The predicted octanol–water partition coefficient (Wildman–Crippen LogP) is 3.53. The third-order valence-electron chi connectivity index (χ3n) is 2.28. The average molecular weight is 302 g/mol. The normalized spacial score (nSPS) is 16.6. The molecule has 7 heteroatoms. The molecule has 1 aromatic heterocycles. The minimum atomic E-state index is 0.164. The second-order valence-electron chi connectivity index (χ2n) is 3.27. The van der Waals surface area contributed by atoms with E-state index in [1.807, 2.05) is 4.90 Å². The molecule has 0 atom stereocenters. The Balaban J connectivity index is 2.40. The zero-order valence-electron chi connectivity index (χ0n) is 8.14. The number of halogens is 4. The maximum Gasteiger partial charge on any atom is 0.151 e. The van der Waals surface area contributed by atoms with Crippen molar-refractivity contribution < 1.29 is 4.74 Å². The Morgan fingerprint density at radius 2 is 1.56 bits per heavy atom. The van der Waals surface area contributed by atoms with Crippen LogP contribution in [0.2, 0.25) is 20.2 Å². The molecule has 1 saturated heterocycles. The van der Waals surface area contributed by atoms with Gasteiger partial charge in [0.15, 0.2) is 11.0 Å². The van der Waals surface area contributed by atoms with Gasteiger partial charge < -0.3 is 9.64 Å². The van der Waals surface area contributed by atoms with Gasteiger partial charge >= 0.3 is 0 Å². The average Bonchev–Trinajstić information content (AvgIpc) is 2.32. The molecule has 0 saturated carbocycles. The Bertz CT molecular complexity index is 407. The summed E-state index contributed by atoms with van der Waals surface area (Å²) in [5, 5.41) is 0.922. The van der Waals surface area contributed by atoms with Gasteiger partial charge in [0.25, 0.3) is 0 Å². The fourth-order valence-electron chi connectivity index (χ4n) is 1.46. The summed E-state index contributed by atoms with van der Waals surface area (Å²) in [5.74, 6) is 0.560. The molecule has 0 radical (unpaired) electrons. The van der Waals surface area contributed by atoms with Gasteiger partial charge in [-0.2, -0.15) is 0 Å². The van der Waals surface area contributed by atoms with Gasteiger partial charge in [-0.05, 0) is 0 Å². The van der Waals surface area contributed by atoms with Crippen LogP contribution in [0.1, 0.15) is 0 Å². The summed E-state index contributed by atoms with van der Waals surface area (Å²) < 4.78 is 5.24. The molecule has 2 heterocycles. The van der Waals surface area contributed by atoms with Crippen LogP contribution in [0.3, 0.4) is 0 Å². The van der Waals surface area contributed by atoms with E-state index in [4.69, 9.17) is 51.1 Å². The van der Waals surface area contributed by atoms with Crippen molar-refractivity contribution in [3.63, 3.8) is 0 Å². The molecule has 1 aliphatic rings. The number of hydrogen-bond donors (Lipinski definition) is 0. The fourth-order valence-corrected chi connectivity index (χ4v) is 2.30. The fraction of sp³-hybridized carbons (Fsp3) is 0.444. The standard InChI is InChI=1S/C9H8Cl4N2O/c10-5-6(11)8(13)14-9(7(5)12)15-1-3-16-4-2-15/h1-4H2. The monoisotopic (exact) mass is 300 g/mol. The third-order valence-corrected chi connectivity index (χ3v) is 3.95. The highest BCUT2D eigenvalue weighted by molar-refractivity contribution is 6.52. The molecule has 1 aromatic rings. The van der Waals surface area contributed by atoms with Crippen molar-refractivity contribution in [3.05, 3.63) is 20.2 Å². The van der Waals surface area contributed by atoms with Crippen molar-refractivity contribution in [2.45, 2.75) is 0 Å². The molecule has 0 spiro atoms. The molecular formula is C9H8Cl4N2O. The van der Waals surface area contributed by atoms with E-state index in [0.717, 1.165) is 0 Å². The van der Waals surface area contributed by atoms with Crippen LogP contribution < -0.4 is 4.90 Å². The van der Waals surface area contributed by atoms with Crippen molar-refractivity contribution in [1.29, 1.82) is 0 Å². The SMILES string of the molecule is Clc1nc(N2CCOCC2)c(Cl)c(Cl)c1Cl. The van der Waals surface area contributed by atoms with Crippen LogP contribution in [0.5, 0.6) is 0 Å². The Kier molecular flexibility index (Phi) is 4.03. The lowest BCUT2D eigenvalue weighted by Gasteiger charge is -2.28. The van der Waals surface area contributed by atoms with Crippen LogP contribution in [0, 0.1) is 0 Å². The Morgan fingerprint density at radius 3 is 2.19 bits per heavy atom. The zero-order chi connectivity index (χ0) is 11.7. The molecule has 2 rings (SSSR count). The first kappa shape index (κ1) is 12.5. The number of ether oxygens (including phenoxy) is 1. The molecule has 0 unspecified atom stereocenters. The smallest absolute Gasteiger partial charge is 0.151 e. The van der Waals surface area contributed by atoms with E-state index in [1.165, 1.54) is 0 Å².